The Labute approximate surface area is 118 Å². The Kier molecular flexibility index (Phi) is 4.81. The molecule has 0 saturated carbocycles. The first-order valence-electron chi connectivity index (χ1n) is 6.88. The van der Waals surface area contributed by atoms with E-state index >= 15 is 0 Å². The van der Waals surface area contributed by atoms with Crippen LogP contribution in [0.4, 0.5) is 4.39 Å². The summed E-state index contributed by atoms with van der Waals surface area (Å²) in [6, 6.07) is 3.37. The van der Waals surface area contributed by atoms with Crippen LogP contribution in [0.15, 0.2) is 12.1 Å². The molecule has 2 nitrogen and oxygen atoms in total. The number of imidazole rings is 1. The zero-order valence-electron chi connectivity index (χ0n) is 11.5. The van der Waals surface area contributed by atoms with Gasteiger partial charge < -0.3 is 4.57 Å². The molecule has 1 aromatic carbocycles. The highest BCUT2D eigenvalue weighted by Crippen LogP contribution is 2.22. The van der Waals surface area contributed by atoms with E-state index in [0.29, 0.717) is 17.0 Å². The molecule has 1 aromatic heterocycles. The topological polar surface area (TPSA) is 17.8 Å². The molecule has 2 aromatic rings. The molecule has 1 heterocycles. The molecule has 0 radical (unpaired) electrons. The lowest BCUT2D eigenvalue weighted by Crippen LogP contribution is -2.02. The van der Waals surface area contributed by atoms with E-state index in [4.69, 9.17) is 11.6 Å². The van der Waals surface area contributed by atoms with Crippen molar-refractivity contribution < 1.29 is 4.39 Å². The molecule has 0 bridgehead atoms. The second kappa shape index (κ2) is 6.38. The number of benzene rings is 1. The van der Waals surface area contributed by atoms with E-state index in [-0.39, 0.29) is 5.82 Å². The van der Waals surface area contributed by atoms with Crippen LogP contribution in [-0.4, -0.2) is 9.55 Å². The highest BCUT2D eigenvalue weighted by Gasteiger charge is 2.12. The fraction of sp³-hybridized carbons (Fsp3) is 0.533. The molecule has 0 aliphatic heterocycles. The molecule has 0 N–H and O–H groups in total. The first kappa shape index (κ1) is 14.3. The average Bonchev–Trinajstić information content (AvgIpc) is 2.73. The van der Waals surface area contributed by atoms with Gasteiger partial charge in [0, 0.05) is 12.6 Å². The third-order valence-electron chi connectivity index (χ3n) is 3.46. The zero-order valence-corrected chi connectivity index (χ0v) is 12.3. The molecule has 0 aliphatic rings. The molecule has 0 unspecified atom stereocenters. The number of hydrogen-bond donors (Lipinski definition) is 0. The van der Waals surface area contributed by atoms with Crippen LogP contribution in [0.2, 0.25) is 0 Å². The first-order chi connectivity index (χ1) is 9.17. The zero-order chi connectivity index (χ0) is 13.8. The van der Waals surface area contributed by atoms with Gasteiger partial charge in [-0.25, -0.2) is 9.37 Å². The third kappa shape index (κ3) is 3.08. The van der Waals surface area contributed by atoms with Gasteiger partial charge in [0.15, 0.2) is 0 Å². The summed E-state index contributed by atoms with van der Waals surface area (Å²) in [6.45, 7) is 4.89. The lowest BCUT2D eigenvalue weighted by atomic mass is 10.2. The Morgan fingerprint density at radius 2 is 2.05 bits per heavy atom. The lowest BCUT2D eigenvalue weighted by Gasteiger charge is -2.08. The molecular formula is C15H20ClFN2. The smallest absolute Gasteiger partial charge is 0.128 e. The maximum Gasteiger partial charge on any atom is 0.128 e. The van der Waals surface area contributed by atoms with Crippen molar-refractivity contribution in [2.45, 2.75) is 52.0 Å². The van der Waals surface area contributed by atoms with Gasteiger partial charge in [-0.2, -0.15) is 0 Å². The quantitative estimate of drug-likeness (QED) is 0.549. The van der Waals surface area contributed by atoms with Crippen molar-refractivity contribution in [3.8, 4) is 0 Å². The fourth-order valence-electron chi connectivity index (χ4n) is 2.35. The van der Waals surface area contributed by atoms with Crippen molar-refractivity contribution >= 4 is 22.6 Å². The number of alkyl halides is 1. The van der Waals surface area contributed by atoms with E-state index in [1.807, 2.05) is 6.07 Å². The molecule has 0 spiro atoms. The van der Waals surface area contributed by atoms with E-state index in [1.165, 1.54) is 25.3 Å². The predicted molar refractivity (Wildman–Crippen MR) is 78.1 cm³/mol. The van der Waals surface area contributed by atoms with Crippen LogP contribution < -0.4 is 0 Å². The summed E-state index contributed by atoms with van der Waals surface area (Å²) in [7, 11) is 0. The molecule has 4 heteroatoms. The number of rotatable bonds is 6. The second-order valence-corrected chi connectivity index (χ2v) is 5.23. The maximum absolute atomic E-state index is 13.6. The summed E-state index contributed by atoms with van der Waals surface area (Å²) in [5, 5.41) is 0. The van der Waals surface area contributed by atoms with Gasteiger partial charge in [-0.05, 0) is 25.0 Å². The van der Waals surface area contributed by atoms with Crippen LogP contribution in [0.3, 0.4) is 0 Å². The normalized spacial score (nSPS) is 11.4. The molecule has 0 fully saturated rings. The Hall–Kier alpha value is -1.09. The maximum atomic E-state index is 13.6. The van der Waals surface area contributed by atoms with Crippen LogP contribution in [0.25, 0.3) is 11.0 Å². The van der Waals surface area contributed by atoms with E-state index in [2.05, 4.69) is 16.5 Å². The van der Waals surface area contributed by atoms with Gasteiger partial charge in [0.2, 0.25) is 0 Å². The molecule has 0 aliphatic carbocycles. The van der Waals surface area contributed by atoms with Gasteiger partial charge >= 0.3 is 0 Å². The summed E-state index contributed by atoms with van der Waals surface area (Å²) in [4.78, 5) is 4.42. The SMILES string of the molecule is CCCCCCn1c(CCl)nc2cc(F)c(C)cc21. The summed E-state index contributed by atoms with van der Waals surface area (Å²) in [5.74, 6) is 0.991. The van der Waals surface area contributed by atoms with Crippen molar-refractivity contribution in [2.75, 3.05) is 0 Å². The minimum atomic E-state index is -0.204. The lowest BCUT2D eigenvalue weighted by molar-refractivity contribution is 0.580. The highest BCUT2D eigenvalue weighted by atomic mass is 35.5. The molecule has 19 heavy (non-hydrogen) atoms. The van der Waals surface area contributed by atoms with Crippen LogP contribution in [0.1, 0.15) is 44.0 Å². The minimum absolute atomic E-state index is 0.204. The largest absolute Gasteiger partial charge is 0.327 e. The van der Waals surface area contributed by atoms with E-state index in [9.17, 15) is 4.39 Å². The van der Waals surface area contributed by atoms with Crippen molar-refractivity contribution in [3.05, 3.63) is 29.3 Å². The molecule has 0 saturated heterocycles. The highest BCUT2D eigenvalue weighted by molar-refractivity contribution is 6.16. The van der Waals surface area contributed by atoms with Gasteiger partial charge in [-0.15, -0.1) is 11.6 Å². The Bertz CT molecular complexity index is 563. The third-order valence-corrected chi connectivity index (χ3v) is 3.70. The number of aromatic nitrogens is 2. The van der Waals surface area contributed by atoms with Crippen molar-refractivity contribution in [1.29, 1.82) is 0 Å². The van der Waals surface area contributed by atoms with Gasteiger partial charge in [0.05, 0.1) is 16.9 Å². The van der Waals surface area contributed by atoms with Gasteiger partial charge in [0.1, 0.15) is 11.6 Å². The van der Waals surface area contributed by atoms with Crippen LogP contribution in [-0.2, 0) is 12.4 Å². The number of nitrogens with zero attached hydrogens (tertiary/aromatic N) is 2. The van der Waals surface area contributed by atoms with E-state index < -0.39 is 0 Å². The standard InChI is InChI=1S/C15H20ClFN2/c1-3-4-5-6-7-19-14-8-11(2)12(17)9-13(14)18-15(19)10-16/h8-9H,3-7,10H2,1-2H3. The van der Waals surface area contributed by atoms with Crippen molar-refractivity contribution in [3.63, 3.8) is 0 Å². The molecule has 2 rings (SSSR count). The number of halogens is 2. The monoisotopic (exact) mass is 282 g/mol. The van der Waals surface area contributed by atoms with Gasteiger partial charge in [-0.3, -0.25) is 0 Å². The Morgan fingerprint density at radius 1 is 1.26 bits per heavy atom. The van der Waals surface area contributed by atoms with Crippen LogP contribution in [0.5, 0.6) is 0 Å². The van der Waals surface area contributed by atoms with E-state index in [0.717, 1.165) is 24.3 Å². The van der Waals surface area contributed by atoms with Crippen LogP contribution in [0, 0.1) is 12.7 Å². The molecule has 104 valence electrons. The van der Waals surface area contributed by atoms with E-state index in [1.54, 1.807) is 6.92 Å². The number of aryl methyl sites for hydroxylation is 2. The first-order valence-corrected chi connectivity index (χ1v) is 7.42. The Morgan fingerprint density at radius 3 is 2.74 bits per heavy atom. The van der Waals surface area contributed by atoms with Gasteiger partial charge in [0.25, 0.3) is 0 Å². The summed E-state index contributed by atoms with van der Waals surface area (Å²) in [6.07, 6.45) is 4.78. The predicted octanol–water partition coefficient (Wildman–Crippen LogP) is 4.80. The fourth-order valence-corrected chi connectivity index (χ4v) is 2.55. The van der Waals surface area contributed by atoms with Gasteiger partial charge in [-0.1, -0.05) is 26.2 Å². The molecular weight excluding hydrogens is 263 g/mol. The van der Waals surface area contributed by atoms with Crippen molar-refractivity contribution in [2.24, 2.45) is 0 Å². The summed E-state index contributed by atoms with van der Waals surface area (Å²) < 4.78 is 15.7. The summed E-state index contributed by atoms with van der Waals surface area (Å²) >= 11 is 5.95. The Balaban J connectivity index is 2.31. The number of unbranched alkanes of at least 4 members (excludes halogenated alkanes) is 3. The molecule has 0 amide bonds. The number of hydrogen-bond acceptors (Lipinski definition) is 1. The molecule has 0 atom stereocenters. The number of fused-ring (bicyclic) bond motifs is 1. The average molecular weight is 283 g/mol. The summed E-state index contributed by atoms with van der Waals surface area (Å²) in [5.41, 5.74) is 2.35. The second-order valence-electron chi connectivity index (χ2n) is 4.96. The van der Waals surface area contributed by atoms with Crippen LogP contribution >= 0.6 is 11.6 Å². The minimum Gasteiger partial charge on any atom is -0.327 e. The van der Waals surface area contributed by atoms with Crippen molar-refractivity contribution in [1.82, 2.24) is 9.55 Å².